The Bertz CT molecular complexity index is 969. The average Bonchev–Trinajstić information content (AvgIpc) is 2.94. The fourth-order valence-electron chi connectivity index (χ4n) is 3.12. The normalized spacial score (nSPS) is 18.1. The Morgan fingerprint density at radius 2 is 1.79 bits per heavy atom. The van der Waals surface area contributed by atoms with Gasteiger partial charge in [0, 0.05) is 29.1 Å². The lowest BCUT2D eigenvalue weighted by atomic mass is 10.1. The number of benzene rings is 2. The summed E-state index contributed by atoms with van der Waals surface area (Å²) in [5, 5.41) is 0.764. The highest BCUT2D eigenvalue weighted by Gasteiger charge is 2.33. The van der Waals surface area contributed by atoms with Crippen LogP contribution in [0.15, 0.2) is 53.4 Å². The summed E-state index contributed by atoms with van der Waals surface area (Å²) in [6, 6.07) is 12.6. The topological polar surface area (TPSA) is 54.5 Å². The van der Waals surface area contributed by atoms with Crippen molar-refractivity contribution in [3.8, 4) is 0 Å². The van der Waals surface area contributed by atoms with Gasteiger partial charge < -0.3 is 4.90 Å². The van der Waals surface area contributed by atoms with Crippen molar-refractivity contribution in [2.24, 2.45) is 0 Å². The van der Waals surface area contributed by atoms with Gasteiger partial charge in [0.2, 0.25) is 9.84 Å². The number of nitrogens with zero attached hydrogens (tertiary/aromatic N) is 1. The summed E-state index contributed by atoms with van der Waals surface area (Å²) in [5.41, 5.74) is 0.771. The van der Waals surface area contributed by atoms with Crippen LogP contribution < -0.4 is 0 Å². The van der Waals surface area contributed by atoms with Crippen LogP contribution in [0.25, 0.3) is 0 Å². The molecule has 0 aromatic heterocycles. The number of carbonyl (C=O) groups is 1. The minimum atomic E-state index is -4.86. The van der Waals surface area contributed by atoms with E-state index < -0.39 is 26.4 Å². The molecule has 4 nitrogen and oxygen atoms in total. The summed E-state index contributed by atoms with van der Waals surface area (Å²) in [7, 11) is -4.86. The second kappa shape index (κ2) is 8.80. The van der Waals surface area contributed by atoms with Crippen molar-refractivity contribution < 1.29 is 22.0 Å². The number of halogens is 3. The minimum absolute atomic E-state index is 0.103. The van der Waals surface area contributed by atoms with E-state index in [2.05, 4.69) is 0 Å². The Balaban J connectivity index is 1.83. The van der Waals surface area contributed by atoms with Gasteiger partial charge in [-0.25, -0.2) is 8.42 Å². The maximum absolute atomic E-state index is 13.0. The van der Waals surface area contributed by atoms with Crippen LogP contribution in [0.2, 0.25) is 5.02 Å². The van der Waals surface area contributed by atoms with E-state index in [1.54, 1.807) is 11.8 Å². The molecule has 0 saturated carbocycles. The maximum atomic E-state index is 13.0. The van der Waals surface area contributed by atoms with Crippen molar-refractivity contribution in [3.63, 3.8) is 0 Å². The second-order valence-electron chi connectivity index (χ2n) is 6.26. The smallest absolute Gasteiger partial charge is 0.338 e. The summed E-state index contributed by atoms with van der Waals surface area (Å²) in [6.45, 7) is 0.776. The molecule has 1 fully saturated rings. The number of sulfone groups is 1. The van der Waals surface area contributed by atoms with Crippen LogP contribution in [0.4, 0.5) is 8.78 Å². The summed E-state index contributed by atoms with van der Waals surface area (Å²) < 4.78 is 49.9. The Labute approximate surface area is 171 Å². The summed E-state index contributed by atoms with van der Waals surface area (Å²) >= 11 is 7.94. The molecule has 28 heavy (non-hydrogen) atoms. The van der Waals surface area contributed by atoms with E-state index in [9.17, 15) is 22.0 Å². The summed E-state index contributed by atoms with van der Waals surface area (Å²) in [4.78, 5) is 13.8. The van der Waals surface area contributed by atoms with E-state index >= 15 is 0 Å². The third-order valence-electron chi connectivity index (χ3n) is 4.54. The van der Waals surface area contributed by atoms with E-state index in [-0.39, 0.29) is 10.8 Å². The van der Waals surface area contributed by atoms with Gasteiger partial charge in [0.15, 0.2) is 0 Å². The van der Waals surface area contributed by atoms with Gasteiger partial charge >= 0.3 is 5.76 Å². The van der Waals surface area contributed by atoms with Crippen LogP contribution >= 0.6 is 23.4 Å². The Kier molecular flexibility index (Phi) is 6.62. The number of alkyl halides is 2. The van der Waals surface area contributed by atoms with Gasteiger partial charge in [0.05, 0.1) is 10.5 Å². The molecule has 0 unspecified atom stereocenters. The van der Waals surface area contributed by atoms with Crippen molar-refractivity contribution in [3.05, 3.63) is 64.7 Å². The van der Waals surface area contributed by atoms with Crippen molar-refractivity contribution in [1.82, 2.24) is 4.90 Å². The molecule has 1 aliphatic heterocycles. The SMILES string of the molecule is O=C(c1ccccc1S(=O)(=O)C(F)F)N1CCS[C@@H](c2ccccc2Cl)CC1. The Morgan fingerprint density at radius 1 is 1.11 bits per heavy atom. The summed E-state index contributed by atoms with van der Waals surface area (Å²) in [6.07, 6.45) is 0.629. The predicted octanol–water partition coefficient (Wildman–Crippen LogP) is 4.66. The van der Waals surface area contributed by atoms with E-state index in [0.717, 1.165) is 11.6 Å². The molecule has 3 rings (SSSR count). The molecule has 150 valence electrons. The first-order valence-electron chi connectivity index (χ1n) is 8.58. The fourth-order valence-corrected chi connectivity index (χ4v) is 5.64. The summed E-state index contributed by atoms with van der Waals surface area (Å²) in [5.74, 6) is -3.50. The zero-order valence-electron chi connectivity index (χ0n) is 14.7. The number of hydrogen-bond acceptors (Lipinski definition) is 4. The number of hydrogen-bond donors (Lipinski definition) is 0. The zero-order chi connectivity index (χ0) is 20.3. The highest BCUT2D eigenvalue weighted by atomic mass is 35.5. The standard InChI is InChI=1S/C19H18ClF2NO3S2/c20-15-7-3-1-5-13(15)16-9-10-23(11-12-27-16)18(24)14-6-2-4-8-17(14)28(25,26)19(21)22/h1-8,16,19H,9-12H2/t16-/m1/s1. The lowest BCUT2D eigenvalue weighted by Gasteiger charge is -2.22. The molecule has 0 N–H and O–H groups in total. The van der Waals surface area contributed by atoms with E-state index in [1.807, 2.05) is 24.3 Å². The van der Waals surface area contributed by atoms with Gasteiger partial charge in [-0.2, -0.15) is 20.5 Å². The van der Waals surface area contributed by atoms with Crippen molar-refractivity contribution >= 4 is 39.1 Å². The molecule has 0 spiro atoms. The van der Waals surface area contributed by atoms with Gasteiger partial charge in [-0.1, -0.05) is 41.9 Å². The van der Waals surface area contributed by atoms with E-state index in [4.69, 9.17) is 11.6 Å². The van der Waals surface area contributed by atoms with E-state index in [1.165, 1.54) is 23.1 Å². The van der Waals surface area contributed by atoms with Crippen LogP contribution in [0.1, 0.15) is 27.6 Å². The van der Waals surface area contributed by atoms with Crippen LogP contribution in [0, 0.1) is 0 Å². The number of rotatable bonds is 4. The fraction of sp³-hybridized carbons (Fsp3) is 0.316. The highest BCUT2D eigenvalue weighted by molar-refractivity contribution is 7.99. The first-order chi connectivity index (χ1) is 13.3. The molecule has 1 atom stereocenters. The molecular weight excluding hydrogens is 428 g/mol. The van der Waals surface area contributed by atoms with Crippen LogP contribution in [0.3, 0.4) is 0 Å². The predicted molar refractivity (Wildman–Crippen MR) is 107 cm³/mol. The van der Waals surface area contributed by atoms with Crippen molar-refractivity contribution in [2.75, 3.05) is 18.8 Å². The number of thioether (sulfide) groups is 1. The molecule has 0 bridgehead atoms. The van der Waals surface area contributed by atoms with Crippen molar-refractivity contribution in [1.29, 1.82) is 0 Å². The van der Waals surface area contributed by atoms with Crippen LogP contribution in [-0.2, 0) is 9.84 Å². The monoisotopic (exact) mass is 445 g/mol. The molecule has 1 amide bonds. The Hall–Kier alpha value is -1.64. The molecule has 2 aromatic rings. The molecule has 0 aliphatic carbocycles. The maximum Gasteiger partial charge on any atom is 0.341 e. The largest absolute Gasteiger partial charge is 0.341 e. The zero-order valence-corrected chi connectivity index (χ0v) is 17.1. The second-order valence-corrected chi connectivity index (χ2v) is 9.87. The van der Waals surface area contributed by atoms with Gasteiger partial charge in [0.1, 0.15) is 0 Å². The minimum Gasteiger partial charge on any atom is -0.338 e. The third kappa shape index (κ3) is 4.34. The van der Waals surface area contributed by atoms with Gasteiger partial charge in [-0.3, -0.25) is 4.79 Å². The van der Waals surface area contributed by atoms with Gasteiger partial charge in [-0.05, 0) is 30.2 Å². The molecular formula is C19H18ClF2NO3S2. The first-order valence-corrected chi connectivity index (χ1v) is 11.6. The molecule has 1 heterocycles. The van der Waals surface area contributed by atoms with E-state index in [0.29, 0.717) is 30.3 Å². The first kappa shape index (κ1) is 21.1. The molecule has 9 heteroatoms. The highest BCUT2D eigenvalue weighted by Crippen LogP contribution is 2.38. The Morgan fingerprint density at radius 3 is 2.50 bits per heavy atom. The third-order valence-corrected chi connectivity index (χ3v) is 7.63. The van der Waals surface area contributed by atoms with Crippen molar-refractivity contribution in [2.45, 2.75) is 22.3 Å². The lowest BCUT2D eigenvalue weighted by molar-refractivity contribution is 0.0762. The molecule has 2 aromatic carbocycles. The number of amides is 1. The average molecular weight is 446 g/mol. The van der Waals surface area contributed by atoms with Crippen LogP contribution in [0.5, 0.6) is 0 Å². The molecule has 1 saturated heterocycles. The number of carbonyl (C=O) groups excluding carboxylic acids is 1. The molecule has 0 radical (unpaired) electrons. The quantitative estimate of drug-likeness (QED) is 0.687. The van der Waals surface area contributed by atoms with Gasteiger partial charge in [0.25, 0.3) is 5.91 Å². The van der Waals surface area contributed by atoms with Gasteiger partial charge in [-0.15, -0.1) is 0 Å². The molecule has 1 aliphatic rings. The lowest BCUT2D eigenvalue weighted by Crippen LogP contribution is -2.34. The van der Waals surface area contributed by atoms with Crippen LogP contribution in [-0.4, -0.2) is 43.8 Å².